The first-order valence-corrected chi connectivity index (χ1v) is 8.64. The summed E-state index contributed by atoms with van der Waals surface area (Å²) in [5.74, 6) is 0.727. The minimum absolute atomic E-state index is 0.0894. The topological polar surface area (TPSA) is 91.8 Å². The Morgan fingerprint density at radius 2 is 1.85 bits per heavy atom. The normalized spacial score (nSPS) is 10.7. The molecule has 0 aliphatic rings. The first-order valence-electron chi connectivity index (χ1n) is 8.64. The van der Waals surface area contributed by atoms with Crippen molar-refractivity contribution < 1.29 is 18.8 Å². The van der Waals surface area contributed by atoms with Crippen molar-refractivity contribution in [1.82, 2.24) is 0 Å². The second-order valence-electron chi connectivity index (χ2n) is 5.92. The molecule has 0 atom stereocenters. The van der Waals surface area contributed by atoms with Crippen LogP contribution in [0.25, 0.3) is 11.0 Å². The summed E-state index contributed by atoms with van der Waals surface area (Å²) in [5.41, 5.74) is 0.953. The zero-order chi connectivity index (χ0) is 19.2. The van der Waals surface area contributed by atoms with Gasteiger partial charge in [0.15, 0.2) is 5.75 Å². The summed E-state index contributed by atoms with van der Waals surface area (Å²) in [4.78, 5) is 22.2. The zero-order valence-electron chi connectivity index (χ0n) is 14.8. The van der Waals surface area contributed by atoms with E-state index >= 15 is 0 Å². The third kappa shape index (κ3) is 4.44. The molecule has 140 valence electrons. The highest BCUT2D eigenvalue weighted by molar-refractivity contribution is 5.81. The molecule has 0 saturated carbocycles. The predicted octanol–water partition coefficient (Wildman–Crippen LogP) is 4.11. The van der Waals surface area contributed by atoms with Crippen LogP contribution in [0.2, 0.25) is 0 Å². The molecule has 3 rings (SSSR count). The van der Waals surface area contributed by atoms with E-state index in [0.717, 1.165) is 23.8 Å². The van der Waals surface area contributed by atoms with Crippen LogP contribution in [-0.4, -0.2) is 18.1 Å². The van der Waals surface area contributed by atoms with Crippen LogP contribution < -0.4 is 15.1 Å². The minimum atomic E-state index is -0.491. The molecular formula is C20H19NO6. The molecule has 0 bridgehead atoms. The van der Waals surface area contributed by atoms with Gasteiger partial charge in [0.05, 0.1) is 4.92 Å². The Bertz CT molecular complexity index is 1010. The zero-order valence-corrected chi connectivity index (χ0v) is 14.8. The molecule has 0 amide bonds. The highest BCUT2D eigenvalue weighted by Crippen LogP contribution is 2.26. The maximum Gasteiger partial charge on any atom is 0.336 e. The van der Waals surface area contributed by atoms with Crippen LogP contribution in [-0.2, 0) is 6.42 Å². The van der Waals surface area contributed by atoms with E-state index in [1.54, 1.807) is 24.3 Å². The van der Waals surface area contributed by atoms with Crippen LogP contribution in [0.3, 0.4) is 0 Å². The van der Waals surface area contributed by atoms with E-state index in [0.29, 0.717) is 11.3 Å². The number of benzene rings is 2. The molecule has 1 aromatic heterocycles. The maximum absolute atomic E-state index is 11.7. The fraction of sp³-hybridized carbons (Fsp3) is 0.250. The first-order chi connectivity index (χ1) is 13.1. The summed E-state index contributed by atoms with van der Waals surface area (Å²) in [6, 6.07) is 13.0. The van der Waals surface area contributed by atoms with Crippen molar-refractivity contribution in [3.8, 4) is 11.5 Å². The van der Waals surface area contributed by atoms with Crippen LogP contribution >= 0.6 is 0 Å². The number of aryl methyl sites for hydroxylation is 1. The molecule has 0 N–H and O–H groups in total. The number of nitro groups is 1. The lowest BCUT2D eigenvalue weighted by molar-refractivity contribution is -0.385. The Labute approximate surface area is 155 Å². The SMILES string of the molecule is CCCc1cc(=O)oc2cc(OCCOc3ccccc3[N+](=O)[O-])ccc12. The van der Waals surface area contributed by atoms with Gasteiger partial charge in [-0.15, -0.1) is 0 Å². The lowest BCUT2D eigenvalue weighted by Gasteiger charge is -2.10. The van der Waals surface area contributed by atoms with Gasteiger partial charge in [-0.2, -0.15) is 0 Å². The predicted molar refractivity (Wildman–Crippen MR) is 101 cm³/mol. The van der Waals surface area contributed by atoms with E-state index in [9.17, 15) is 14.9 Å². The second-order valence-corrected chi connectivity index (χ2v) is 5.92. The molecule has 0 unspecified atom stereocenters. The van der Waals surface area contributed by atoms with Crippen molar-refractivity contribution in [3.05, 3.63) is 74.6 Å². The molecule has 3 aromatic rings. The van der Waals surface area contributed by atoms with Gasteiger partial charge in [-0.1, -0.05) is 25.5 Å². The Kier molecular flexibility index (Phi) is 5.71. The molecule has 0 fully saturated rings. The fourth-order valence-electron chi connectivity index (χ4n) is 2.82. The van der Waals surface area contributed by atoms with Gasteiger partial charge in [-0.3, -0.25) is 10.1 Å². The van der Waals surface area contributed by atoms with Gasteiger partial charge < -0.3 is 13.9 Å². The van der Waals surface area contributed by atoms with Gasteiger partial charge in [-0.05, 0) is 30.2 Å². The van der Waals surface area contributed by atoms with E-state index in [1.165, 1.54) is 18.2 Å². The number of hydrogen-bond acceptors (Lipinski definition) is 6. The molecule has 2 aromatic carbocycles. The average molecular weight is 369 g/mol. The van der Waals surface area contributed by atoms with Crippen LogP contribution in [0.1, 0.15) is 18.9 Å². The molecule has 27 heavy (non-hydrogen) atoms. The number of para-hydroxylation sites is 2. The van der Waals surface area contributed by atoms with Crippen LogP contribution in [0, 0.1) is 10.1 Å². The van der Waals surface area contributed by atoms with Gasteiger partial charge in [-0.25, -0.2) is 4.79 Å². The monoisotopic (exact) mass is 369 g/mol. The number of ether oxygens (including phenoxy) is 2. The molecular weight excluding hydrogens is 350 g/mol. The van der Waals surface area contributed by atoms with E-state index in [1.807, 2.05) is 6.07 Å². The highest BCUT2D eigenvalue weighted by Gasteiger charge is 2.13. The lowest BCUT2D eigenvalue weighted by Crippen LogP contribution is -2.10. The van der Waals surface area contributed by atoms with Gasteiger partial charge in [0.1, 0.15) is 24.5 Å². The summed E-state index contributed by atoms with van der Waals surface area (Å²) < 4.78 is 16.3. The number of nitro benzene ring substituents is 1. The van der Waals surface area contributed by atoms with Gasteiger partial charge >= 0.3 is 11.3 Å². The smallest absolute Gasteiger partial charge is 0.336 e. The molecule has 0 saturated heterocycles. The molecule has 0 aliphatic heterocycles. The lowest BCUT2D eigenvalue weighted by atomic mass is 10.1. The summed E-state index contributed by atoms with van der Waals surface area (Å²) in [6.07, 6.45) is 1.73. The molecule has 0 radical (unpaired) electrons. The van der Waals surface area contributed by atoms with Gasteiger partial charge in [0.2, 0.25) is 0 Å². The summed E-state index contributed by atoms with van der Waals surface area (Å²) in [6.45, 7) is 2.38. The van der Waals surface area contributed by atoms with Crippen LogP contribution in [0.15, 0.2) is 57.7 Å². The van der Waals surface area contributed by atoms with Crippen LogP contribution in [0.5, 0.6) is 11.5 Å². The molecule has 7 heteroatoms. The molecule has 1 heterocycles. The van der Waals surface area contributed by atoms with Gasteiger partial charge in [0, 0.05) is 23.6 Å². The number of fused-ring (bicyclic) bond motifs is 1. The van der Waals surface area contributed by atoms with E-state index < -0.39 is 4.92 Å². The van der Waals surface area contributed by atoms with Crippen molar-refractivity contribution in [2.45, 2.75) is 19.8 Å². The minimum Gasteiger partial charge on any atom is -0.490 e. The second kappa shape index (κ2) is 8.35. The van der Waals surface area contributed by atoms with E-state index in [-0.39, 0.29) is 30.3 Å². The highest BCUT2D eigenvalue weighted by atomic mass is 16.6. The summed E-state index contributed by atoms with van der Waals surface area (Å²) in [7, 11) is 0. The molecule has 7 nitrogen and oxygen atoms in total. The van der Waals surface area contributed by atoms with Gasteiger partial charge in [0.25, 0.3) is 0 Å². The summed E-state index contributed by atoms with van der Waals surface area (Å²) in [5, 5.41) is 11.8. The first kappa shape index (κ1) is 18.4. The van der Waals surface area contributed by atoms with E-state index in [4.69, 9.17) is 13.9 Å². The number of nitrogens with zero attached hydrogens (tertiary/aromatic N) is 1. The third-order valence-corrected chi connectivity index (χ3v) is 3.99. The Balaban J connectivity index is 1.66. The fourth-order valence-corrected chi connectivity index (χ4v) is 2.82. The van der Waals surface area contributed by atoms with Crippen molar-refractivity contribution >= 4 is 16.7 Å². The van der Waals surface area contributed by atoms with Crippen molar-refractivity contribution in [1.29, 1.82) is 0 Å². The Morgan fingerprint density at radius 3 is 2.63 bits per heavy atom. The Morgan fingerprint density at radius 1 is 1.07 bits per heavy atom. The van der Waals surface area contributed by atoms with Crippen molar-refractivity contribution in [2.24, 2.45) is 0 Å². The van der Waals surface area contributed by atoms with E-state index in [2.05, 4.69) is 6.92 Å². The Hall–Kier alpha value is -3.35. The third-order valence-electron chi connectivity index (χ3n) is 3.99. The van der Waals surface area contributed by atoms with Crippen molar-refractivity contribution in [3.63, 3.8) is 0 Å². The quantitative estimate of drug-likeness (QED) is 0.257. The maximum atomic E-state index is 11.7. The molecule has 0 spiro atoms. The molecule has 0 aliphatic carbocycles. The number of hydrogen-bond donors (Lipinski definition) is 0. The standard InChI is InChI=1S/C20H19NO6/c1-2-5-14-12-20(22)27-19-13-15(8-9-16(14)19)25-10-11-26-18-7-4-3-6-17(18)21(23)24/h3-4,6-9,12-13H,2,5,10-11H2,1H3. The van der Waals surface area contributed by atoms with Crippen molar-refractivity contribution in [2.75, 3.05) is 13.2 Å². The average Bonchev–Trinajstić information content (AvgIpc) is 2.65. The van der Waals surface area contributed by atoms with Crippen LogP contribution in [0.4, 0.5) is 5.69 Å². The largest absolute Gasteiger partial charge is 0.490 e. The summed E-state index contributed by atoms with van der Waals surface area (Å²) >= 11 is 0. The number of rotatable bonds is 8.